The average Bonchev–Trinajstić information content (AvgIpc) is 2.79. The Kier molecular flexibility index (Phi) is 4.12. The van der Waals surface area contributed by atoms with Crippen molar-refractivity contribution in [2.75, 3.05) is 32.7 Å². The second kappa shape index (κ2) is 5.60. The number of piperazine rings is 1. The van der Waals surface area contributed by atoms with Gasteiger partial charge in [0.25, 0.3) is 0 Å². The van der Waals surface area contributed by atoms with E-state index in [2.05, 4.69) is 40.7 Å². The summed E-state index contributed by atoms with van der Waals surface area (Å²) in [5, 5.41) is 3.99. The van der Waals surface area contributed by atoms with Gasteiger partial charge in [0.05, 0.1) is 6.54 Å². The second-order valence-corrected chi connectivity index (χ2v) is 4.91. The van der Waals surface area contributed by atoms with Crippen molar-refractivity contribution in [2.24, 2.45) is 0 Å². The normalized spacial score (nSPS) is 19.1. The summed E-state index contributed by atoms with van der Waals surface area (Å²) in [4.78, 5) is 9.25. The van der Waals surface area contributed by atoms with Crippen LogP contribution in [0.25, 0.3) is 0 Å². The summed E-state index contributed by atoms with van der Waals surface area (Å²) in [7, 11) is 0. The Morgan fingerprint density at radius 3 is 2.35 bits per heavy atom. The maximum absolute atomic E-state index is 5.27. The summed E-state index contributed by atoms with van der Waals surface area (Å²) in [6.45, 7) is 12.8. The summed E-state index contributed by atoms with van der Waals surface area (Å²) in [5.41, 5.74) is 0. The van der Waals surface area contributed by atoms with Crippen LogP contribution in [0.2, 0.25) is 0 Å². The molecule has 1 aromatic heterocycles. The van der Waals surface area contributed by atoms with Gasteiger partial charge in [0.2, 0.25) is 5.89 Å². The van der Waals surface area contributed by atoms with Crippen LogP contribution in [0, 0.1) is 0 Å². The zero-order valence-electron chi connectivity index (χ0n) is 11.0. The van der Waals surface area contributed by atoms with Crippen LogP contribution in [-0.2, 0) is 6.54 Å². The average molecular weight is 238 g/mol. The third kappa shape index (κ3) is 3.26. The lowest BCUT2D eigenvalue weighted by Gasteiger charge is -2.33. The first kappa shape index (κ1) is 12.5. The molecule has 0 aromatic carbocycles. The molecule has 17 heavy (non-hydrogen) atoms. The number of hydrogen-bond donors (Lipinski definition) is 0. The minimum absolute atomic E-state index is 0.337. The largest absolute Gasteiger partial charge is 0.338 e. The fourth-order valence-electron chi connectivity index (χ4n) is 2.02. The molecule has 0 bridgehead atoms. The van der Waals surface area contributed by atoms with Crippen LogP contribution in [0.3, 0.4) is 0 Å². The maximum atomic E-state index is 5.27. The van der Waals surface area contributed by atoms with Gasteiger partial charge in [-0.1, -0.05) is 25.9 Å². The van der Waals surface area contributed by atoms with E-state index >= 15 is 0 Å². The Bertz CT molecular complexity index is 342. The first-order chi connectivity index (χ1) is 8.19. The van der Waals surface area contributed by atoms with E-state index in [1.165, 1.54) is 0 Å². The van der Waals surface area contributed by atoms with Crippen LogP contribution in [0.15, 0.2) is 4.52 Å². The molecule has 0 atom stereocenters. The summed E-state index contributed by atoms with van der Waals surface area (Å²) >= 11 is 0. The van der Waals surface area contributed by atoms with Gasteiger partial charge in [-0.3, -0.25) is 4.90 Å². The van der Waals surface area contributed by atoms with Crippen molar-refractivity contribution in [3.05, 3.63) is 11.7 Å². The molecule has 0 radical (unpaired) electrons. The zero-order valence-corrected chi connectivity index (χ0v) is 11.0. The Morgan fingerprint density at radius 2 is 1.82 bits per heavy atom. The van der Waals surface area contributed by atoms with E-state index in [4.69, 9.17) is 4.52 Å². The standard InChI is InChI=1S/C12H22N4O/c1-4-15-5-7-16(8-6-15)9-11-13-12(10(2)3)14-17-11/h10H,4-9H2,1-3H3. The molecular formula is C12H22N4O. The fourth-order valence-corrected chi connectivity index (χ4v) is 2.02. The lowest BCUT2D eigenvalue weighted by molar-refractivity contribution is 0.121. The van der Waals surface area contributed by atoms with Gasteiger partial charge in [0, 0.05) is 32.1 Å². The first-order valence-electron chi connectivity index (χ1n) is 6.46. The van der Waals surface area contributed by atoms with Gasteiger partial charge in [-0.2, -0.15) is 4.98 Å². The molecule has 0 N–H and O–H groups in total. The molecule has 0 unspecified atom stereocenters. The molecular weight excluding hydrogens is 216 g/mol. The van der Waals surface area contributed by atoms with E-state index in [-0.39, 0.29) is 0 Å². The van der Waals surface area contributed by atoms with Crippen molar-refractivity contribution in [3.63, 3.8) is 0 Å². The topological polar surface area (TPSA) is 45.4 Å². The van der Waals surface area contributed by atoms with Crippen molar-refractivity contribution in [1.82, 2.24) is 19.9 Å². The van der Waals surface area contributed by atoms with Crippen molar-refractivity contribution in [2.45, 2.75) is 33.2 Å². The Balaban J connectivity index is 1.84. The molecule has 0 saturated carbocycles. The van der Waals surface area contributed by atoms with E-state index in [0.717, 1.165) is 51.0 Å². The highest BCUT2D eigenvalue weighted by Crippen LogP contribution is 2.12. The van der Waals surface area contributed by atoms with Crippen LogP contribution in [0.1, 0.15) is 38.4 Å². The minimum Gasteiger partial charge on any atom is -0.338 e. The Morgan fingerprint density at radius 1 is 1.18 bits per heavy atom. The van der Waals surface area contributed by atoms with Crippen LogP contribution in [0.4, 0.5) is 0 Å². The number of aromatic nitrogens is 2. The van der Waals surface area contributed by atoms with Crippen LogP contribution >= 0.6 is 0 Å². The third-order valence-electron chi connectivity index (χ3n) is 3.27. The number of likely N-dealkylation sites (N-methyl/N-ethyl adjacent to an activating group) is 1. The Labute approximate surface area is 103 Å². The molecule has 0 amide bonds. The smallest absolute Gasteiger partial charge is 0.240 e. The lowest BCUT2D eigenvalue weighted by Crippen LogP contribution is -2.45. The molecule has 1 aromatic rings. The number of rotatable bonds is 4. The molecule has 2 rings (SSSR count). The lowest BCUT2D eigenvalue weighted by atomic mass is 10.2. The number of nitrogens with zero attached hydrogens (tertiary/aromatic N) is 4. The quantitative estimate of drug-likeness (QED) is 0.792. The van der Waals surface area contributed by atoms with Crippen molar-refractivity contribution in [3.8, 4) is 0 Å². The molecule has 1 aliphatic rings. The van der Waals surface area contributed by atoms with Crippen LogP contribution in [0.5, 0.6) is 0 Å². The molecule has 0 aliphatic carbocycles. The molecule has 5 heteroatoms. The van der Waals surface area contributed by atoms with Crippen molar-refractivity contribution in [1.29, 1.82) is 0 Å². The van der Waals surface area contributed by atoms with Gasteiger partial charge >= 0.3 is 0 Å². The minimum atomic E-state index is 0.337. The fraction of sp³-hybridized carbons (Fsp3) is 0.833. The van der Waals surface area contributed by atoms with E-state index in [1.54, 1.807) is 0 Å². The van der Waals surface area contributed by atoms with Gasteiger partial charge in [-0.05, 0) is 6.54 Å². The predicted octanol–water partition coefficient (Wildman–Crippen LogP) is 1.33. The van der Waals surface area contributed by atoms with E-state index < -0.39 is 0 Å². The monoisotopic (exact) mass is 238 g/mol. The van der Waals surface area contributed by atoms with Gasteiger partial charge in [-0.15, -0.1) is 0 Å². The molecule has 5 nitrogen and oxygen atoms in total. The van der Waals surface area contributed by atoms with Crippen molar-refractivity contribution < 1.29 is 4.52 Å². The van der Waals surface area contributed by atoms with Gasteiger partial charge in [0.1, 0.15) is 0 Å². The molecule has 1 saturated heterocycles. The summed E-state index contributed by atoms with van der Waals surface area (Å²) in [6, 6.07) is 0. The molecule has 2 heterocycles. The Hall–Kier alpha value is -0.940. The molecule has 1 fully saturated rings. The van der Waals surface area contributed by atoms with Crippen LogP contribution < -0.4 is 0 Å². The van der Waals surface area contributed by atoms with Crippen molar-refractivity contribution >= 4 is 0 Å². The molecule has 0 spiro atoms. The number of hydrogen-bond acceptors (Lipinski definition) is 5. The SMILES string of the molecule is CCN1CCN(Cc2nc(C(C)C)no2)CC1. The van der Waals surface area contributed by atoms with E-state index in [1.807, 2.05) is 0 Å². The highest BCUT2D eigenvalue weighted by atomic mass is 16.5. The third-order valence-corrected chi connectivity index (χ3v) is 3.27. The van der Waals surface area contributed by atoms with E-state index in [9.17, 15) is 0 Å². The highest BCUT2D eigenvalue weighted by Gasteiger charge is 2.18. The van der Waals surface area contributed by atoms with Gasteiger partial charge in [-0.25, -0.2) is 0 Å². The molecule has 96 valence electrons. The second-order valence-electron chi connectivity index (χ2n) is 4.91. The summed E-state index contributed by atoms with van der Waals surface area (Å²) in [6.07, 6.45) is 0. The maximum Gasteiger partial charge on any atom is 0.240 e. The first-order valence-corrected chi connectivity index (χ1v) is 6.46. The van der Waals surface area contributed by atoms with E-state index in [0.29, 0.717) is 5.92 Å². The van der Waals surface area contributed by atoms with Gasteiger partial charge in [0.15, 0.2) is 5.82 Å². The zero-order chi connectivity index (χ0) is 12.3. The molecule has 1 aliphatic heterocycles. The van der Waals surface area contributed by atoms with Gasteiger partial charge < -0.3 is 9.42 Å². The van der Waals surface area contributed by atoms with Crippen LogP contribution in [-0.4, -0.2) is 52.7 Å². The predicted molar refractivity (Wildman–Crippen MR) is 65.8 cm³/mol. The summed E-state index contributed by atoms with van der Waals surface area (Å²) < 4.78 is 5.27. The highest BCUT2D eigenvalue weighted by molar-refractivity contribution is 4.92. The summed E-state index contributed by atoms with van der Waals surface area (Å²) in [5.74, 6) is 1.90.